The van der Waals surface area contributed by atoms with Gasteiger partial charge in [0.1, 0.15) is 5.82 Å². The average Bonchev–Trinajstić information content (AvgIpc) is 3.05. The van der Waals surface area contributed by atoms with Crippen molar-refractivity contribution in [1.29, 1.82) is 0 Å². The fourth-order valence-corrected chi connectivity index (χ4v) is 3.32. The summed E-state index contributed by atoms with van der Waals surface area (Å²) in [5, 5.41) is 3.32. The number of hydrogen-bond acceptors (Lipinski definition) is 3. The van der Waals surface area contributed by atoms with E-state index in [1.165, 1.54) is 17.8 Å². The van der Waals surface area contributed by atoms with Gasteiger partial charge in [-0.15, -0.1) is 11.8 Å². The lowest BCUT2D eigenvalue weighted by Gasteiger charge is -2.24. The highest BCUT2D eigenvalue weighted by atomic mass is 32.2. The number of nitrogens with one attached hydrogen (secondary N) is 1. The van der Waals surface area contributed by atoms with E-state index in [9.17, 15) is 4.39 Å². The largest absolute Gasteiger partial charge is 0.381 e. The fraction of sp³-hybridized carbons (Fsp3) is 0.588. The maximum Gasteiger partial charge on any atom is 0.193 e. The van der Waals surface area contributed by atoms with E-state index in [1.54, 1.807) is 12.1 Å². The van der Waals surface area contributed by atoms with Crippen LogP contribution in [0.5, 0.6) is 0 Å². The fourth-order valence-electron chi connectivity index (χ4n) is 2.54. The number of rotatable bonds is 7. The summed E-state index contributed by atoms with van der Waals surface area (Å²) in [6.07, 6.45) is 1.12. The molecule has 23 heavy (non-hydrogen) atoms. The van der Waals surface area contributed by atoms with E-state index in [-0.39, 0.29) is 5.82 Å². The Bertz CT molecular complexity index is 506. The number of benzene rings is 1. The summed E-state index contributed by atoms with van der Waals surface area (Å²) in [5.74, 6) is 2.09. The van der Waals surface area contributed by atoms with Crippen LogP contribution in [0.15, 0.2) is 34.2 Å². The standard InChI is InChI=1S/C17H26FN3OS/c1-3-19-17(21(2)12-14-8-10-22-13-14)20-9-11-23-16-7-5-4-6-15(16)18/h4-7,14H,3,8-13H2,1-2H3,(H,19,20). The van der Waals surface area contributed by atoms with Gasteiger partial charge in [0.25, 0.3) is 0 Å². The van der Waals surface area contributed by atoms with E-state index in [1.807, 2.05) is 6.07 Å². The first-order valence-corrected chi connectivity index (χ1v) is 9.13. The first kappa shape index (κ1) is 18.1. The van der Waals surface area contributed by atoms with Gasteiger partial charge in [0, 0.05) is 43.3 Å². The molecule has 1 aromatic carbocycles. The molecule has 128 valence electrons. The third kappa shape index (κ3) is 6.03. The van der Waals surface area contributed by atoms with Gasteiger partial charge in [-0.25, -0.2) is 4.39 Å². The highest BCUT2D eigenvalue weighted by Gasteiger charge is 2.18. The zero-order valence-electron chi connectivity index (χ0n) is 13.9. The molecule has 1 N–H and O–H groups in total. The molecule has 1 unspecified atom stereocenters. The van der Waals surface area contributed by atoms with Crippen molar-refractivity contribution in [3.05, 3.63) is 30.1 Å². The number of halogens is 1. The maximum atomic E-state index is 13.6. The Morgan fingerprint density at radius 3 is 3.00 bits per heavy atom. The number of hydrogen-bond donors (Lipinski definition) is 1. The molecule has 0 saturated carbocycles. The van der Waals surface area contributed by atoms with E-state index in [0.29, 0.717) is 17.4 Å². The molecule has 1 aliphatic rings. The third-order valence-corrected chi connectivity index (χ3v) is 4.73. The first-order valence-electron chi connectivity index (χ1n) is 8.15. The minimum atomic E-state index is -0.160. The van der Waals surface area contributed by atoms with Gasteiger partial charge >= 0.3 is 0 Å². The second-order valence-corrected chi connectivity index (χ2v) is 6.76. The second-order valence-electron chi connectivity index (χ2n) is 5.62. The van der Waals surface area contributed by atoms with Gasteiger partial charge in [-0.3, -0.25) is 4.99 Å². The summed E-state index contributed by atoms with van der Waals surface area (Å²) in [7, 11) is 2.06. The molecular formula is C17H26FN3OS. The number of nitrogens with zero attached hydrogens (tertiary/aromatic N) is 2. The van der Waals surface area contributed by atoms with E-state index in [4.69, 9.17) is 4.74 Å². The number of ether oxygens (including phenoxy) is 1. The third-order valence-electron chi connectivity index (χ3n) is 3.70. The Morgan fingerprint density at radius 2 is 2.30 bits per heavy atom. The van der Waals surface area contributed by atoms with Crippen molar-refractivity contribution >= 4 is 17.7 Å². The summed E-state index contributed by atoms with van der Waals surface area (Å²) in [5.41, 5.74) is 0. The quantitative estimate of drug-likeness (QED) is 0.359. The van der Waals surface area contributed by atoms with Gasteiger partial charge in [-0.05, 0) is 25.5 Å². The van der Waals surface area contributed by atoms with Crippen LogP contribution in [0.1, 0.15) is 13.3 Å². The summed E-state index contributed by atoms with van der Waals surface area (Å²) >= 11 is 1.50. The van der Waals surface area contributed by atoms with Crippen LogP contribution in [0.3, 0.4) is 0 Å². The van der Waals surface area contributed by atoms with Crippen LogP contribution in [0, 0.1) is 11.7 Å². The smallest absolute Gasteiger partial charge is 0.193 e. The Balaban J connectivity index is 1.81. The number of aliphatic imine (C=N–C) groups is 1. The van der Waals surface area contributed by atoms with Crippen molar-refractivity contribution < 1.29 is 9.13 Å². The molecule has 1 saturated heterocycles. The van der Waals surface area contributed by atoms with E-state index in [0.717, 1.165) is 44.4 Å². The van der Waals surface area contributed by atoms with E-state index < -0.39 is 0 Å². The molecule has 6 heteroatoms. The van der Waals surface area contributed by atoms with Crippen LogP contribution in [-0.2, 0) is 4.74 Å². The zero-order valence-corrected chi connectivity index (χ0v) is 14.7. The zero-order chi connectivity index (χ0) is 16.5. The van der Waals surface area contributed by atoms with Crippen LogP contribution >= 0.6 is 11.8 Å². The topological polar surface area (TPSA) is 36.9 Å². The molecule has 4 nitrogen and oxygen atoms in total. The number of thioether (sulfide) groups is 1. The summed E-state index contributed by atoms with van der Waals surface area (Å²) in [6, 6.07) is 6.87. The van der Waals surface area contributed by atoms with Crippen LogP contribution in [-0.4, -0.2) is 56.5 Å². The molecule has 1 fully saturated rings. The number of guanidine groups is 1. The van der Waals surface area contributed by atoms with Crippen LogP contribution in [0.2, 0.25) is 0 Å². The SMILES string of the molecule is CCNC(=NCCSc1ccccc1F)N(C)CC1CCOC1. The normalized spacial score (nSPS) is 18.2. The molecular weight excluding hydrogens is 313 g/mol. The van der Waals surface area contributed by atoms with Gasteiger partial charge in [-0.1, -0.05) is 12.1 Å². The molecule has 1 aromatic rings. The maximum absolute atomic E-state index is 13.6. The summed E-state index contributed by atoms with van der Waals surface area (Å²) in [4.78, 5) is 7.50. The second kappa shape index (κ2) is 9.78. The predicted molar refractivity (Wildman–Crippen MR) is 94.7 cm³/mol. The van der Waals surface area contributed by atoms with Crippen molar-refractivity contribution in [2.24, 2.45) is 10.9 Å². The summed E-state index contributed by atoms with van der Waals surface area (Å²) in [6.45, 7) is 6.22. The lowest BCUT2D eigenvalue weighted by molar-refractivity contribution is 0.181. The van der Waals surface area contributed by atoms with Crippen molar-refractivity contribution in [2.75, 3.05) is 45.6 Å². The van der Waals surface area contributed by atoms with Crippen LogP contribution < -0.4 is 5.32 Å². The van der Waals surface area contributed by atoms with Crippen molar-refractivity contribution in [2.45, 2.75) is 18.2 Å². The molecule has 1 heterocycles. The molecule has 1 aliphatic heterocycles. The predicted octanol–water partition coefficient (Wildman–Crippen LogP) is 2.85. The summed E-state index contributed by atoms with van der Waals surface area (Å²) < 4.78 is 19.0. The molecule has 0 bridgehead atoms. The van der Waals surface area contributed by atoms with Crippen LogP contribution in [0.25, 0.3) is 0 Å². The highest BCUT2D eigenvalue weighted by molar-refractivity contribution is 7.99. The van der Waals surface area contributed by atoms with Gasteiger partial charge in [0.2, 0.25) is 0 Å². The Hall–Kier alpha value is -1.27. The molecule has 0 aromatic heterocycles. The first-order chi connectivity index (χ1) is 11.2. The van der Waals surface area contributed by atoms with Crippen molar-refractivity contribution in [3.8, 4) is 0 Å². The highest BCUT2D eigenvalue weighted by Crippen LogP contribution is 2.20. The molecule has 2 rings (SSSR count). The monoisotopic (exact) mass is 339 g/mol. The van der Waals surface area contributed by atoms with Crippen molar-refractivity contribution in [3.63, 3.8) is 0 Å². The lowest BCUT2D eigenvalue weighted by atomic mass is 10.1. The average molecular weight is 339 g/mol. The minimum Gasteiger partial charge on any atom is -0.381 e. The van der Waals surface area contributed by atoms with Gasteiger partial charge in [0.05, 0.1) is 13.2 Å². The van der Waals surface area contributed by atoms with Crippen LogP contribution in [0.4, 0.5) is 4.39 Å². The molecule has 0 radical (unpaired) electrons. The van der Waals surface area contributed by atoms with Gasteiger partial charge < -0.3 is 15.0 Å². The molecule has 0 aliphatic carbocycles. The minimum absolute atomic E-state index is 0.160. The molecule has 0 spiro atoms. The Kier molecular flexibility index (Phi) is 7.68. The van der Waals surface area contributed by atoms with E-state index >= 15 is 0 Å². The van der Waals surface area contributed by atoms with E-state index in [2.05, 4.69) is 29.2 Å². The Labute approximate surface area is 142 Å². The van der Waals surface area contributed by atoms with Crippen molar-refractivity contribution in [1.82, 2.24) is 10.2 Å². The molecule has 1 atom stereocenters. The van der Waals surface area contributed by atoms with Gasteiger partial charge in [-0.2, -0.15) is 0 Å². The van der Waals surface area contributed by atoms with Gasteiger partial charge in [0.15, 0.2) is 5.96 Å². The molecule has 0 amide bonds. The Morgan fingerprint density at radius 1 is 1.48 bits per heavy atom. The lowest BCUT2D eigenvalue weighted by Crippen LogP contribution is -2.41.